The Balaban J connectivity index is 1.62. The molecule has 2 N–H and O–H groups in total. The van der Waals surface area contributed by atoms with Crippen molar-refractivity contribution in [2.45, 2.75) is 70.4 Å². The first-order valence-electron chi connectivity index (χ1n) is 10.8. The van der Waals surface area contributed by atoms with Gasteiger partial charge in [-0.1, -0.05) is 26.8 Å². The van der Waals surface area contributed by atoms with Crippen LogP contribution in [0.2, 0.25) is 0 Å². The molecule has 1 saturated carbocycles. The first-order chi connectivity index (χ1) is 13.8. The summed E-state index contributed by atoms with van der Waals surface area (Å²) < 4.78 is 5.39. The summed E-state index contributed by atoms with van der Waals surface area (Å²) in [4.78, 5) is 17.7. The minimum atomic E-state index is -0.108. The second kappa shape index (κ2) is 7.69. The summed E-state index contributed by atoms with van der Waals surface area (Å²) in [5.74, 6) is 0.585. The topological polar surface area (TPSA) is 63.2 Å². The second-order valence-corrected chi connectivity index (χ2v) is 9.72. The number of nitrogens with zero attached hydrogens (tertiary/aromatic N) is 1. The molecule has 1 saturated heterocycles. The fourth-order valence-corrected chi connectivity index (χ4v) is 4.28. The lowest BCUT2D eigenvalue weighted by molar-refractivity contribution is 0.0941. The van der Waals surface area contributed by atoms with E-state index in [4.69, 9.17) is 9.72 Å². The van der Waals surface area contributed by atoms with Crippen molar-refractivity contribution in [1.82, 2.24) is 15.6 Å². The quantitative estimate of drug-likeness (QED) is 0.808. The molecule has 4 rings (SSSR count). The Bertz CT molecular complexity index is 928. The largest absolute Gasteiger partial charge is 0.380 e. The molecule has 5 heteroatoms. The molecular formula is C24H33N3O2. The number of amides is 1. The lowest BCUT2D eigenvalue weighted by Crippen LogP contribution is -2.37. The normalized spacial score (nSPS) is 22.2. The Morgan fingerprint density at radius 3 is 2.66 bits per heavy atom. The summed E-state index contributed by atoms with van der Waals surface area (Å²) in [5.41, 5.74) is 5.21. The number of nitrogens with one attached hydrogen (secondary N) is 2. The number of rotatable bonds is 5. The maximum atomic E-state index is 12.9. The predicted molar refractivity (Wildman–Crippen MR) is 117 cm³/mol. The van der Waals surface area contributed by atoms with Gasteiger partial charge in [-0.25, -0.2) is 4.98 Å². The number of fused-ring (bicyclic) bond motifs is 1. The Morgan fingerprint density at radius 2 is 2.03 bits per heavy atom. The van der Waals surface area contributed by atoms with Crippen molar-refractivity contribution in [3.63, 3.8) is 0 Å². The average molecular weight is 396 g/mol. The summed E-state index contributed by atoms with van der Waals surface area (Å²) in [5, 5.41) is 7.63. The smallest absolute Gasteiger partial charge is 0.269 e. The minimum Gasteiger partial charge on any atom is -0.380 e. The van der Waals surface area contributed by atoms with E-state index in [0.717, 1.165) is 24.0 Å². The number of carbonyl (C=O) groups is 1. The van der Waals surface area contributed by atoms with Gasteiger partial charge in [0.25, 0.3) is 5.91 Å². The Hall–Kier alpha value is -1.98. The molecule has 1 aromatic heterocycles. The van der Waals surface area contributed by atoms with E-state index in [9.17, 15) is 4.79 Å². The molecule has 5 nitrogen and oxygen atoms in total. The highest BCUT2D eigenvalue weighted by molar-refractivity contribution is 5.97. The van der Waals surface area contributed by atoms with Crippen molar-refractivity contribution >= 4 is 16.8 Å². The zero-order valence-electron chi connectivity index (χ0n) is 18.3. The van der Waals surface area contributed by atoms with Gasteiger partial charge in [-0.05, 0) is 66.3 Å². The number of ether oxygens (including phenoxy) is 1. The van der Waals surface area contributed by atoms with E-state index in [2.05, 4.69) is 50.5 Å². The first kappa shape index (κ1) is 20.3. The van der Waals surface area contributed by atoms with Gasteiger partial charge in [0.15, 0.2) is 0 Å². The molecule has 1 aromatic carbocycles. The van der Waals surface area contributed by atoms with Gasteiger partial charge in [-0.3, -0.25) is 4.79 Å². The average Bonchev–Trinajstić information content (AvgIpc) is 3.42. The fraction of sp³-hybridized carbons (Fsp3) is 0.583. The molecule has 2 fully saturated rings. The highest BCUT2D eigenvalue weighted by Crippen LogP contribution is 2.43. The molecule has 1 aliphatic heterocycles. The Kier molecular flexibility index (Phi) is 5.38. The van der Waals surface area contributed by atoms with E-state index in [-0.39, 0.29) is 23.5 Å². The highest BCUT2D eigenvalue weighted by Gasteiger charge is 2.28. The van der Waals surface area contributed by atoms with E-state index in [1.807, 2.05) is 6.07 Å². The zero-order valence-corrected chi connectivity index (χ0v) is 18.3. The minimum absolute atomic E-state index is 0.0272. The number of aryl methyl sites for hydroxylation is 1. The van der Waals surface area contributed by atoms with Crippen LogP contribution in [-0.2, 0) is 10.2 Å². The monoisotopic (exact) mass is 395 g/mol. The van der Waals surface area contributed by atoms with Gasteiger partial charge in [0.2, 0.25) is 0 Å². The van der Waals surface area contributed by atoms with Crippen LogP contribution in [-0.4, -0.2) is 43.2 Å². The van der Waals surface area contributed by atoms with Crippen LogP contribution >= 0.6 is 0 Å². The molecule has 1 amide bonds. The third-order valence-electron chi connectivity index (χ3n) is 6.26. The van der Waals surface area contributed by atoms with Gasteiger partial charge in [-0.2, -0.15) is 0 Å². The lowest BCUT2D eigenvalue weighted by atomic mass is 9.83. The standard InChI is InChI=1S/C24H33N3O2/c1-14-8-21(23(28)26-12-17-11-18(29-5)13-25-17)27-22-19(14)9-16(15-6-7-15)10-20(22)24(2,3)4/h8-10,15,17-18,25H,6-7,11-13H2,1-5H3,(H,26,28). The molecule has 29 heavy (non-hydrogen) atoms. The molecule has 2 aromatic rings. The third-order valence-corrected chi connectivity index (χ3v) is 6.26. The van der Waals surface area contributed by atoms with Gasteiger partial charge < -0.3 is 15.4 Å². The van der Waals surface area contributed by atoms with Crippen LogP contribution in [0, 0.1) is 6.92 Å². The molecule has 2 atom stereocenters. The predicted octanol–water partition coefficient (Wildman–Crippen LogP) is 3.82. The van der Waals surface area contributed by atoms with Crippen molar-refractivity contribution in [3.8, 4) is 0 Å². The van der Waals surface area contributed by atoms with E-state index < -0.39 is 0 Å². The molecule has 1 aliphatic carbocycles. The molecule has 2 heterocycles. The number of benzene rings is 1. The van der Waals surface area contributed by atoms with Crippen molar-refractivity contribution in [1.29, 1.82) is 0 Å². The van der Waals surface area contributed by atoms with Gasteiger partial charge >= 0.3 is 0 Å². The SMILES string of the molecule is COC1CNC(CNC(=O)c2cc(C)c3cc(C4CC4)cc(C(C)(C)C)c3n2)C1. The number of aromatic nitrogens is 1. The number of methoxy groups -OCH3 is 1. The summed E-state index contributed by atoms with van der Waals surface area (Å²) in [6.45, 7) is 10.2. The maximum Gasteiger partial charge on any atom is 0.269 e. The van der Waals surface area contributed by atoms with Gasteiger partial charge in [-0.15, -0.1) is 0 Å². The van der Waals surface area contributed by atoms with Gasteiger partial charge in [0.05, 0.1) is 11.6 Å². The maximum absolute atomic E-state index is 12.9. The molecule has 0 radical (unpaired) electrons. The molecular weight excluding hydrogens is 362 g/mol. The Labute approximate surface area is 173 Å². The van der Waals surface area contributed by atoms with Crippen LogP contribution in [0.4, 0.5) is 0 Å². The molecule has 2 unspecified atom stereocenters. The Morgan fingerprint density at radius 1 is 1.28 bits per heavy atom. The summed E-state index contributed by atoms with van der Waals surface area (Å²) in [6, 6.07) is 6.79. The molecule has 156 valence electrons. The van der Waals surface area contributed by atoms with Crippen molar-refractivity contribution < 1.29 is 9.53 Å². The number of carbonyl (C=O) groups excluding carboxylic acids is 1. The van der Waals surface area contributed by atoms with Crippen LogP contribution < -0.4 is 10.6 Å². The van der Waals surface area contributed by atoms with Gasteiger partial charge in [0.1, 0.15) is 5.69 Å². The summed E-state index contributed by atoms with van der Waals surface area (Å²) in [6.07, 6.45) is 3.70. The van der Waals surface area contributed by atoms with Crippen LogP contribution in [0.25, 0.3) is 10.9 Å². The van der Waals surface area contributed by atoms with Crippen molar-refractivity contribution in [2.75, 3.05) is 20.2 Å². The third kappa shape index (κ3) is 4.31. The van der Waals surface area contributed by atoms with Crippen LogP contribution in [0.3, 0.4) is 0 Å². The second-order valence-electron chi connectivity index (χ2n) is 9.72. The number of hydrogen-bond donors (Lipinski definition) is 2. The summed E-state index contributed by atoms with van der Waals surface area (Å²) >= 11 is 0. The molecule has 2 aliphatic rings. The number of pyridine rings is 1. The van der Waals surface area contributed by atoms with E-state index in [1.165, 1.54) is 29.4 Å². The van der Waals surface area contributed by atoms with Crippen molar-refractivity contribution in [3.05, 3.63) is 40.6 Å². The van der Waals surface area contributed by atoms with E-state index >= 15 is 0 Å². The lowest BCUT2D eigenvalue weighted by Gasteiger charge is -2.23. The van der Waals surface area contributed by atoms with Gasteiger partial charge in [0, 0.05) is 31.6 Å². The fourth-order valence-electron chi connectivity index (χ4n) is 4.28. The first-order valence-corrected chi connectivity index (χ1v) is 10.8. The van der Waals surface area contributed by atoms with Crippen LogP contribution in [0.15, 0.2) is 18.2 Å². The zero-order chi connectivity index (χ0) is 20.8. The highest BCUT2D eigenvalue weighted by atomic mass is 16.5. The number of hydrogen-bond acceptors (Lipinski definition) is 4. The van der Waals surface area contributed by atoms with E-state index in [1.54, 1.807) is 7.11 Å². The molecule has 0 bridgehead atoms. The van der Waals surface area contributed by atoms with Crippen LogP contribution in [0.5, 0.6) is 0 Å². The van der Waals surface area contributed by atoms with Crippen LogP contribution in [0.1, 0.15) is 73.1 Å². The van der Waals surface area contributed by atoms with E-state index in [0.29, 0.717) is 18.2 Å². The molecule has 0 spiro atoms. The van der Waals surface area contributed by atoms with Crippen molar-refractivity contribution in [2.24, 2.45) is 0 Å². The summed E-state index contributed by atoms with van der Waals surface area (Å²) in [7, 11) is 1.73.